The van der Waals surface area contributed by atoms with Crippen LogP contribution in [0.4, 0.5) is 18.9 Å². The van der Waals surface area contributed by atoms with Crippen molar-refractivity contribution in [3.05, 3.63) is 58.6 Å². The number of carbonyl (C=O) groups excluding carboxylic acids is 2. The Morgan fingerprint density at radius 3 is 2.33 bits per heavy atom. The number of nitrogens with one attached hydrogen (secondary N) is 1. The number of hydrogen-bond acceptors (Lipinski definition) is 5. The van der Waals surface area contributed by atoms with E-state index in [2.05, 4.69) is 5.32 Å². The molecule has 0 saturated carbocycles. The number of halogens is 4. The van der Waals surface area contributed by atoms with E-state index in [0.29, 0.717) is 18.2 Å². The van der Waals surface area contributed by atoms with Crippen molar-refractivity contribution >= 4 is 39.0 Å². The van der Waals surface area contributed by atoms with Crippen molar-refractivity contribution in [2.45, 2.75) is 11.1 Å². The minimum absolute atomic E-state index is 0.00964. The Morgan fingerprint density at radius 2 is 1.78 bits per heavy atom. The van der Waals surface area contributed by atoms with Crippen LogP contribution in [0.5, 0.6) is 0 Å². The first kappa shape index (κ1) is 20.7. The molecule has 0 aliphatic carbocycles. The number of carbonyl (C=O) groups is 2. The van der Waals surface area contributed by atoms with Gasteiger partial charge in [-0.05, 0) is 35.9 Å². The number of rotatable bonds is 5. The molecule has 2 rings (SSSR count). The average molecular weight is 421 g/mol. The Bertz CT molecular complexity index is 1010. The number of hydrogen-bond donors (Lipinski definition) is 1. The molecule has 0 unspecified atom stereocenters. The second-order valence-corrected chi connectivity index (χ2v) is 7.68. The van der Waals surface area contributed by atoms with E-state index in [9.17, 15) is 36.3 Å². The highest BCUT2D eigenvalue weighted by Crippen LogP contribution is 2.33. The van der Waals surface area contributed by atoms with E-state index in [1.54, 1.807) is 0 Å². The van der Waals surface area contributed by atoms with E-state index < -0.39 is 49.1 Å². The summed E-state index contributed by atoms with van der Waals surface area (Å²) in [6.07, 6.45) is -4.70. The SMILES string of the molecule is O=C(CS(=O)(=O)c1ccc(C(F)(F)F)cc1Cl)Nc1cccc(C(=O)[O-])c1. The minimum Gasteiger partial charge on any atom is -0.545 e. The van der Waals surface area contributed by atoms with Crippen LogP contribution in [0.3, 0.4) is 0 Å². The molecule has 0 spiro atoms. The van der Waals surface area contributed by atoms with Crippen LogP contribution < -0.4 is 10.4 Å². The highest BCUT2D eigenvalue weighted by atomic mass is 35.5. The first-order chi connectivity index (χ1) is 12.4. The maximum Gasteiger partial charge on any atom is 0.416 e. The predicted molar refractivity (Wildman–Crippen MR) is 87.9 cm³/mol. The number of alkyl halides is 3. The molecular weight excluding hydrogens is 411 g/mol. The number of aromatic carboxylic acids is 1. The van der Waals surface area contributed by atoms with Crippen molar-refractivity contribution in [3.63, 3.8) is 0 Å². The van der Waals surface area contributed by atoms with Gasteiger partial charge in [0.05, 0.1) is 21.5 Å². The topological polar surface area (TPSA) is 103 Å². The summed E-state index contributed by atoms with van der Waals surface area (Å²) in [5, 5.41) is 12.3. The molecule has 27 heavy (non-hydrogen) atoms. The Hall–Kier alpha value is -2.59. The summed E-state index contributed by atoms with van der Waals surface area (Å²) in [6.45, 7) is 0. The van der Waals surface area contributed by atoms with Gasteiger partial charge >= 0.3 is 6.18 Å². The number of carboxylic acids is 1. The highest BCUT2D eigenvalue weighted by molar-refractivity contribution is 7.92. The van der Waals surface area contributed by atoms with Crippen molar-refractivity contribution in [2.75, 3.05) is 11.1 Å². The normalized spacial score (nSPS) is 11.9. The Labute approximate surface area is 156 Å². The summed E-state index contributed by atoms with van der Waals surface area (Å²) in [5.74, 6) is -3.62. The third-order valence-electron chi connectivity index (χ3n) is 3.30. The van der Waals surface area contributed by atoms with Gasteiger partial charge in [0.2, 0.25) is 5.91 Å². The molecule has 0 atom stereocenters. The zero-order valence-electron chi connectivity index (χ0n) is 13.2. The second kappa shape index (κ2) is 7.57. The molecule has 1 amide bonds. The number of carboxylic acid groups (broad SMARTS) is 1. The molecule has 2 aromatic carbocycles. The van der Waals surface area contributed by atoms with Gasteiger partial charge in [0.15, 0.2) is 9.84 Å². The van der Waals surface area contributed by atoms with Crippen LogP contribution in [0, 0.1) is 0 Å². The number of anilines is 1. The van der Waals surface area contributed by atoms with Crippen molar-refractivity contribution in [1.29, 1.82) is 0 Å². The maximum absolute atomic E-state index is 12.6. The number of amides is 1. The Morgan fingerprint density at radius 1 is 1.11 bits per heavy atom. The van der Waals surface area contributed by atoms with Crippen molar-refractivity contribution < 1.29 is 36.3 Å². The van der Waals surface area contributed by atoms with Gasteiger partial charge in [-0.25, -0.2) is 8.42 Å². The molecule has 2 aromatic rings. The van der Waals surface area contributed by atoms with E-state index in [1.165, 1.54) is 18.2 Å². The quantitative estimate of drug-likeness (QED) is 0.798. The molecule has 0 radical (unpaired) electrons. The summed E-state index contributed by atoms with van der Waals surface area (Å²) in [6, 6.07) is 6.57. The van der Waals surface area contributed by atoms with Gasteiger partial charge in [-0.1, -0.05) is 23.7 Å². The molecule has 0 fully saturated rings. The van der Waals surface area contributed by atoms with Gasteiger partial charge in [0.1, 0.15) is 5.75 Å². The third-order valence-corrected chi connectivity index (χ3v) is 5.39. The fraction of sp³-hybridized carbons (Fsp3) is 0.125. The Balaban J connectivity index is 2.20. The van der Waals surface area contributed by atoms with Crippen LogP contribution in [0.2, 0.25) is 5.02 Å². The van der Waals surface area contributed by atoms with Crippen molar-refractivity contribution in [3.8, 4) is 0 Å². The van der Waals surface area contributed by atoms with Crippen LogP contribution in [0.1, 0.15) is 15.9 Å². The lowest BCUT2D eigenvalue weighted by atomic mass is 10.2. The second-order valence-electron chi connectivity index (χ2n) is 5.32. The summed E-state index contributed by atoms with van der Waals surface area (Å²) in [5.41, 5.74) is -1.35. The Kier molecular flexibility index (Phi) is 5.81. The first-order valence-electron chi connectivity index (χ1n) is 7.11. The number of sulfone groups is 1. The molecule has 0 aromatic heterocycles. The van der Waals surface area contributed by atoms with Gasteiger partial charge in [-0.2, -0.15) is 13.2 Å². The zero-order valence-corrected chi connectivity index (χ0v) is 14.8. The molecule has 0 aliphatic rings. The molecule has 6 nitrogen and oxygen atoms in total. The van der Waals surface area contributed by atoms with Gasteiger partial charge in [-0.3, -0.25) is 4.79 Å². The lowest BCUT2D eigenvalue weighted by Gasteiger charge is -2.11. The summed E-state index contributed by atoms with van der Waals surface area (Å²) < 4.78 is 62.4. The largest absolute Gasteiger partial charge is 0.545 e. The summed E-state index contributed by atoms with van der Waals surface area (Å²) in [7, 11) is -4.34. The number of benzene rings is 2. The van der Waals surface area contributed by atoms with E-state index in [1.807, 2.05) is 0 Å². The smallest absolute Gasteiger partial charge is 0.416 e. The summed E-state index contributed by atoms with van der Waals surface area (Å²) >= 11 is 5.64. The third kappa shape index (κ3) is 5.20. The summed E-state index contributed by atoms with van der Waals surface area (Å²) in [4.78, 5) is 22.1. The first-order valence-corrected chi connectivity index (χ1v) is 9.14. The zero-order chi connectivity index (χ0) is 20.4. The fourth-order valence-corrected chi connectivity index (χ4v) is 3.84. The maximum atomic E-state index is 12.6. The fourth-order valence-electron chi connectivity index (χ4n) is 2.10. The van der Waals surface area contributed by atoms with E-state index in [0.717, 1.165) is 6.07 Å². The van der Waals surface area contributed by atoms with Crippen LogP contribution in [0.15, 0.2) is 47.4 Å². The van der Waals surface area contributed by atoms with Gasteiger partial charge in [-0.15, -0.1) is 0 Å². The van der Waals surface area contributed by atoms with Crippen LogP contribution in [-0.2, 0) is 20.8 Å². The molecule has 0 heterocycles. The average Bonchev–Trinajstić information content (AvgIpc) is 2.53. The molecule has 0 bridgehead atoms. The minimum atomic E-state index is -4.70. The molecule has 11 heteroatoms. The van der Waals surface area contributed by atoms with Crippen molar-refractivity contribution in [2.24, 2.45) is 0 Å². The lowest BCUT2D eigenvalue weighted by molar-refractivity contribution is -0.255. The molecular formula is C16H10ClF3NO5S-. The highest BCUT2D eigenvalue weighted by Gasteiger charge is 2.32. The molecule has 1 N–H and O–H groups in total. The van der Waals surface area contributed by atoms with Crippen LogP contribution >= 0.6 is 11.6 Å². The molecule has 144 valence electrons. The van der Waals surface area contributed by atoms with Crippen LogP contribution in [0.25, 0.3) is 0 Å². The standard InChI is InChI=1S/C16H11ClF3NO5S/c17-12-7-10(16(18,19)20)4-5-13(12)27(25,26)8-14(22)21-11-3-1-2-9(6-11)15(23)24/h1-7H,8H2,(H,21,22)(H,23,24)/p-1. The van der Waals surface area contributed by atoms with Gasteiger partial charge < -0.3 is 15.2 Å². The van der Waals surface area contributed by atoms with E-state index >= 15 is 0 Å². The van der Waals surface area contributed by atoms with Crippen LogP contribution in [-0.4, -0.2) is 26.0 Å². The van der Waals surface area contributed by atoms with E-state index in [-0.39, 0.29) is 11.3 Å². The lowest BCUT2D eigenvalue weighted by Crippen LogP contribution is -2.24. The predicted octanol–water partition coefficient (Wildman–Crippen LogP) is 2.13. The van der Waals surface area contributed by atoms with E-state index in [4.69, 9.17) is 11.6 Å². The molecule has 0 aliphatic heterocycles. The van der Waals surface area contributed by atoms with Gasteiger partial charge in [0.25, 0.3) is 0 Å². The van der Waals surface area contributed by atoms with Gasteiger partial charge in [0, 0.05) is 5.69 Å². The van der Waals surface area contributed by atoms with Crippen molar-refractivity contribution in [1.82, 2.24) is 0 Å². The monoisotopic (exact) mass is 420 g/mol. The molecule has 0 saturated heterocycles.